The molecule has 3 heteroatoms. The van der Waals surface area contributed by atoms with Crippen molar-refractivity contribution >= 4 is 0 Å². The van der Waals surface area contributed by atoms with Crippen LogP contribution >= 0.6 is 0 Å². The summed E-state index contributed by atoms with van der Waals surface area (Å²) in [4.78, 5) is 0. The van der Waals surface area contributed by atoms with Gasteiger partial charge in [0.05, 0.1) is 0 Å². The van der Waals surface area contributed by atoms with Crippen molar-refractivity contribution in [1.82, 2.24) is 0 Å². The number of phenolic OH excluding ortho intramolecular Hbond substituents is 2. The van der Waals surface area contributed by atoms with Gasteiger partial charge in [-0.2, -0.15) is 0 Å². The van der Waals surface area contributed by atoms with Gasteiger partial charge in [0.2, 0.25) is 0 Å². The molecule has 0 amide bonds. The molecule has 0 atom stereocenters. The van der Waals surface area contributed by atoms with Crippen LogP contribution in [-0.4, -0.2) is 10.2 Å². The number of rotatable bonds is 6. The lowest BCUT2D eigenvalue weighted by atomic mass is 10.0. The zero-order valence-electron chi connectivity index (χ0n) is 14.3. The highest BCUT2D eigenvalue weighted by Gasteiger charge is 2.15. The van der Waals surface area contributed by atoms with Gasteiger partial charge in [-0.3, -0.25) is 0 Å². The van der Waals surface area contributed by atoms with Gasteiger partial charge >= 0.3 is 0 Å². The Labute approximate surface area is 138 Å². The van der Waals surface area contributed by atoms with Gasteiger partial charge in [0.25, 0.3) is 0 Å². The summed E-state index contributed by atoms with van der Waals surface area (Å²) in [5, 5.41) is 20.4. The second-order valence-electron chi connectivity index (χ2n) is 6.86. The zero-order valence-corrected chi connectivity index (χ0v) is 14.3. The maximum Gasteiger partial charge on any atom is 0.169 e. The summed E-state index contributed by atoms with van der Waals surface area (Å²) >= 11 is 0. The van der Waals surface area contributed by atoms with Crippen molar-refractivity contribution in [3.63, 3.8) is 0 Å². The highest BCUT2D eigenvalue weighted by atomic mass is 16.5. The van der Waals surface area contributed by atoms with Gasteiger partial charge in [-0.1, -0.05) is 39.8 Å². The molecule has 0 fully saturated rings. The number of benzene rings is 2. The summed E-state index contributed by atoms with van der Waals surface area (Å²) in [5.41, 5.74) is 1.74. The molecule has 0 heterocycles. The van der Waals surface area contributed by atoms with Crippen molar-refractivity contribution in [1.29, 1.82) is 0 Å². The average molecular weight is 314 g/mol. The molecule has 3 nitrogen and oxygen atoms in total. The van der Waals surface area contributed by atoms with Crippen LogP contribution in [-0.2, 0) is 12.8 Å². The Kier molecular flexibility index (Phi) is 5.54. The fourth-order valence-corrected chi connectivity index (χ4v) is 2.63. The normalized spacial score (nSPS) is 11.2. The Morgan fingerprint density at radius 1 is 0.913 bits per heavy atom. The number of aromatic hydroxyl groups is 2. The van der Waals surface area contributed by atoms with Gasteiger partial charge in [-0.05, 0) is 54.5 Å². The summed E-state index contributed by atoms with van der Waals surface area (Å²) < 4.78 is 5.85. The van der Waals surface area contributed by atoms with E-state index in [1.807, 2.05) is 32.0 Å². The zero-order chi connectivity index (χ0) is 17.0. The van der Waals surface area contributed by atoms with Crippen molar-refractivity contribution in [2.75, 3.05) is 0 Å². The van der Waals surface area contributed by atoms with Crippen LogP contribution in [0.4, 0.5) is 0 Å². The van der Waals surface area contributed by atoms with Gasteiger partial charge in [0, 0.05) is 5.56 Å². The minimum Gasteiger partial charge on any atom is -0.508 e. The van der Waals surface area contributed by atoms with Gasteiger partial charge in [-0.15, -0.1) is 0 Å². The molecule has 0 saturated heterocycles. The molecule has 23 heavy (non-hydrogen) atoms. The maximum absolute atomic E-state index is 10.4. The fourth-order valence-electron chi connectivity index (χ4n) is 2.63. The van der Waals surface area contributed by atoms with E-state index in [0.29, 0.717) is 35.3 Å². The lowest BCUT2D eigenvalue weighted by Crippen LogP contribution is -1.97. The number of ether oxygens (including phenoxy) is 1. The summed E-state index contributed by atoms with van der Waals surface area (Å²) in [6.07, 6.45) is 1.58. The molecule has 0 aliphatic heterocycles. The largest absolute Gasteiger partial charge is 0.508 e. The Morgan fingerprint density at radius 3 is 2.26 bits per heavy atom. The van der Waals surface area contributed by atoms with Crippen LogP contribution in [0, 0.1) is 11.8 Å². The van der Waals surface area contributed by atoms with Crippen LogP contribution in [0.15, 0.2) is 36.4 Å². The topological polar surface area (TPSA) is 49.7 Å². The molecule has 2 aromatic rings. The van der Waals surface area contributed by atoms with Gasteiger partial charge in [0.1, 0.15) is 11.5 Å². The minimum atomic E-state index is 0.0213. The molecule has 0 saturated carbocycles. The third kappa shape index (κ3) is 4.65. The molecule has 0 bridgehead atoms. The average Bonchev–Trinajstić information content (AvgIpc) is 2.46. The first kappa shape index (κ1) is 17.2. The molecular weight excluding hydrogens is 288 g/mol. The molecule has 0 aromatic heterocycles. The molecule has 0 radical (unpaired) electrons. The van der Waals surface area contributed by atoms with E-state index < -0.39 is 0 Å². The molecule has 0 aliphatic carbocycles. The van der Waals surface area contributed by atoms with E-state index in [2.05, 4.69) is 19.9 Å². The van der Waals surface area contributed by atoms with Crippen LogP contribution in [0.5, 0.6) is 23.0 Å². The summed E-state index contributed by atoms with van der Waals surface area (Å²) in [6.45, 7) is 8.44. The first-order valence-corrected chi connectivity index (χ1v) is 8.17. The number of phenols is 2. The Balaban J connectivity index is 2.26. The van der Waals surface area contributed by atoms with Crippen LogP contribution < -0.4 is 4.74 Å². The fraction of sp³-hybridized carbons (Fsp3) is 0.400. The lowest BCUT2D eigenvalue weighted by molar-refractivity contribution is 0.391. The van der Waals surface area contributed by atoms with Crippen LogP contribution in [0.2, 0.25) is 0 Å². The third-order valence-corrected chi connectivity index (χ3v) is 3.60. The maximum atomic E-state index is 10.4. The number of hydrogen-bond donors (Lipinski definition) is 2. The third-order valence-electron chi connectivity index (χ3n) is 3.60. The second-order valence-corrected chi connectivity index (χ2v) is 6.86. The van der Waals surface area contributed by atoms with Crippen molar-refractivity contribution < 1.29 is 14.9 Å². The number of hydrogen-bond acceptors (Lipinski definition) is 3. The van der Waals surface area contributed by atoms with Gasteiger partial charge in [0.15, 0.2) is 11.5 Å². The predicted octanol–water partition coefficient (Wildman–Crippen LogP) is 5.29. The van der Waals surface area contributed by atoms with Crippen LogP contribution in [0.25, 0.3) is 0 Å². The van der Waals surface area contributed by atoms with Crippen molar-refractivity contribution in [3.05, 3.63) is 47.5 Å². The Bertz CT molecular complexity index is 660. The standard InChI is InChI=1S/C20H26O3/c1-13(2)10-15-6-5-7-16(12-15)23-19-9-8-18(21)17(20(19)22)11-14(3)4/h5-9,12-14,21-22H,10-11H2,1-4H3. The Morgan fingerprint density at radius 2 is 1.61 bits per heavy atom. The molecule has 0 unspecified atom stereocenters. The summed E-state index contributed by atoms with van der Waals surface area (Å²) in [7, 11) is 0. The molecule has 2 rings (SSSR count). The van der Waals surface area contributed by atoms with Crippen molar-refractivity contribution in [2.24, 2.45) is 11.8 Å². The van der Waals surface area contributed by atoms with Crippen LogP contribution in [0.3, 0.4) is 0 Å². The first-order valence-electron chi connectivity index (χ1n) is 8.17. The molecular formula is C20H26O3. The van der Waals surface area contributed by atoms with Gasteiger partial charge in [-0.25, -0.2) is 0 Å². The van der Waals surface area contributed by atoms with E-state index in [-0.39, 0.29) is 11.5 Å². The summed E-state index contributed by atoms with van der Waals surface area (Å²) in [6, 6.07) is 11.1. The summed E-state index contributed by atoms with van der Waals surface area (Å²) in [5.74, 6) is 2.10. The Hall–Kier alpha value is -2.16. The smallest absolute Gasteiger partial charge is 0.169 e. The molecule has 2 N–H and O–H groups in total. The van der Waals surface area contributed by atoms with E-state index >= 15 is 0 Å². The van der Waals surface area contributed by atoms with E-state index in [1.54, 1.807) is 12.1 Å². The monoisotopic (exact) mass is 314 g/mol. The molecule has 0 aliphatic rings. The van der Waals surface area contributed by atoms with E-state index in [9.17, 15) is 10.2 Å². The van der Waals surface area contributed by atoms with Crippen LogP contribution in [0.1, 0.15) is 38.8 Å². The second kappa shape index (κ2) is 7.40. The highest BCUT2D eigenvalue weighted by Crippen LogP contribution is 2.39. The predicted molar refractivity (Wildman–Crippen MR) is 93.4 cm³/mol. The first-order chi connectivity index (χ1) is 10.9. The molecule has 0 spiro atoms. The molecule has 2 aromatic carbocycles. The molecule has 124 valence electrons. The van der Waals surface area contributed by atoms with E-state index in [1.165, 1.54) is 5.56 Å². The minimum absolute atomic E-state index is 0.0213. The van der Waals surface area contributed by atoms with E-state index in [0.717, 1.165) is 6.42 Å². The van der Waals surface area contributed by atoms with Crippen molar-refractivity contribution in [2.45, 2.75) is 40.5 Å². The lowest BCUT2D eigenvalue weighted by Gasteiger charge is -2.14. The quantitative estimate of drug-likeness (QED) is 0.762. The van der Waals surface area contributed by atoms with E-state index in [4.69, 9.17) is 4.74 Å². The van der Waals surface area contributed by atoms with Gasteiger partial charge < -0.3 is 14.9 Å². The SMILES string of the molecule is CC(C)Cc1cccc(Oc2ccc(O)c(CC(C)C)c2O)c1. The highest BCUT2D eigenvalue weighted by molar-refractivity contribution is 5.54. The van der Waals surface area contributed by atoms with Crippen molar-refractivity contribution in [3.8, 4) is 23.0 Å².